The molecule has 0 amide bonds. The van der Waals surface area contributed by atoms with E-state index < -0.39 is 23.0 Å². The van der Waals surface area contributed by atoms with Gasteiger partial charge in [-0.3, -0.25) is 4.79 Å². The second-order valence-corrected chi connectivity index (χ2v) is 6.93. The molecule has 0 unspecified atom stereocenters. The molecule has 3 N–H and O–H groups in total. The van der Waals surface area contributed by atoms with E-state index in [4.69, 9.17) is 10.5 Å². The van der Waals surface area contributed by atoms with Crippen molar-refractivity contribution < 1.29 is 17.9 Å². The number of aromatic nitrogens is 1. The van der Waals surface area contributed by atoms with Crippen molar-refractivity contribution in [3.63, 3.8) is 0 Å². The van der Waals surface area contributed by atoms with Gasteiger partial charge in [0.05, 0.1) is 0 Å². The summed E-state index contributed by atoms with van der Waals surface area (Å²) in [6, 6.07) is 7.59. The quantitative estimate of drug-likeness (QED) is 0.595. The molecule has 0 spiro atoms. The zero-order chi connectivity index (χ0) is 20.4. The molecule has 4 nitrogen and oxygen atoms in total. The van der Waals surface area contributed by atoms with Crippen molar-refractivity contribution in [1.29, 1.82) is 0 Å². The lowest BCUT2D eigenvalue weighted by atomic mass is 10.0. The summed E-state index contributed by atoms with van der Waals surface area (Å²) in [4.78, 5) is 14.8. The summed E-state index contributed by atoms with van der Waals surface area (Å²) in [6.45, 7) is 1.51. The number of nitrogens with one attached hydrogen (secondary N) is 1. The molecule has 0 aliphatic carbocycles. The summed E-state index contributed by atoms with van der Waals surface area (Å²) < 4.78 is 47.4. The van der Waals surface area contributed by atoms with Gasteiger partial charge in [-0.25, -0.2) is 13.2 Å². The van der Waals surface area contributed by atoms with Crippen LogP contribution in [0.15, 0.2) is 45.7 Å². The van der Waals surface area contributed by atoms with Gasteiger partial charge in [0, 0.05) is 35.0 Å². The fraction of sp³-hybridized carbons (Fsp3) is 0.150. The van der Waals surface area contributed by atoms with Crippen LogP contribution >= 0.6 is 15.9 Å². The van der Waals surface area contributed by atoms with Gasteiger partial charge in [-0.2, -0.15) is 0 Å². The van der Waals surface area contributed by atoms with Crippen molar-refractivity contribution in [1.82, 2.24) is 4.98 Å². The fourth-order valence-electron chi connectivity index (χ4n) is 2.81. The minimum absolute atomic E-state index is 0.0397. The van der Waals surface area contributed by atoms with Crippen LogP contribution < -0.4 is 16.0 Å². The average Bonchev–Trinajstić information content (AvgIpc) is 2.65. The first kappa shape index (κ1) is 20.2. The fourth-order valence-corrected chi connectivity index (χ4v) is 3.22. The SMILES string of the molecule is Cc1[nH]c(=O)c(Br)c(OCc2ccc(F)cc2F)c1-c1ccc(CN)cc1F. The normalized spacial score (nSPS) is 10.9. The first-order valence-corrected chi connectivity index (χ1v) is 9.09. The lowest BCUT2D eigenvalue weighted by molar-refractivity contribution is 0.297. The molecule has 0 bridgehead atoms. The third-order valence-electron chi connectivity index (χ3n) is 4.23. The second kappa shape index (κ2) is 8.20. The van der Waals surface area contributed by atoms with Crippen molar-refractivity contribution in [3.8, 4) is 16.9 Å². The Bertz CT molecular complexity index is 1100. The van der Waals surface area contributed by atoms with Gasteiger partial charge in [0.1, 0.15) is 34.3 Å². The first-order valence-electron chi connectivity index (χ1n) is 8.29. The van der Waals surface area contributed by atoms with Crippen molar-refractivity contribution in [2.24, 2.45) is 5.73 Å². The van der Waals surface area contributed by atoms with E-state index in [1.807, 2.05) is 0 Å². The number of pyridine rings is 1. The number of ether oxygens (including phenoxy) is 1. The first-order chi connectivity index (χ1) is 13.3. The van der Waals surface area contributed by atoms with Gasteiger partial charge >= 0.3 is 0 Å². The largest absolute Gasteiger partial charge is 0.487 e. The summed E-state index contributed by atoms with van der Waals surface area (Å²) in [6.07, 6.45) is 0. The average molecular weight is 453 g/mol. The summed E-state index contributed by atoms with van der Waals surface area (Å²) in [5.41, 5.74) is 6.65. The van der Waals surface area contributed by atoms with E-state index >= 15 is 0 Å². The van der Waals surface area contributed by atoms with Gasteiger partial charge in [-0.05, 0) is 46.6 Å². The van der Waals surface area contributed by atoms with Gasteiger partial charge in [0.2, 0.25) is 0 Å². The zero-order valence-corrected chi connectivity index (χ0v) is 16.4. The van der Waals surface area contributed by atoms with Crippen LogP contribution in [0.2, 0.25) is 0 Å². The standard InChI is InChI=1S/C20H16BrF3N2O2/c1-10-17(14-5-2-11(8-25)6-16(14)24)19(18(21)20(27)26-10)28-9-12-3-4-13(22)7-15(12)23/h2-7H,8-9,25H2,1H3,(H,26,27). The highest BCUT2D eigenvalue weighted by molar-refractivity contribution is 9.10. The third-order valence-corrected chi connectivity index (χ3v) is 4.95. The molecule has 0 aliphatic rings. The van der Waals surface area contributed by atoms with Crippen molar-refractivity contribution in [3.05, 3.63) is 85.5 Å². The Morgan fingerprint density at radius 3 is 2.50 bits per heavy atom. The molecule has 28 heavy (non-hydrogen) atoms. The number of H-pyrrole nitrogens is 1. The summed E-state index contributed by atoms with van der Waals surface area (Å²) in [5.74, 6) is -1.97. The predicted molar refractivity (Wildman–Crippen MR) is 103 cm³/mol. The highest BCUT2D eigenvalue weighted by Crippen LogP contribution is 2.38. The van der Waals surface area contributed by atoms with Crippen molar-refractivity contribution >= 4 is 15.9 Å². The van der Waals surface area contributed by atoms with E-state index in [1.165, 1.54) is 18.2 Å². The van der Waals surface area contributed by atoms with E-state index in [1.54, 1.807) is 13.0 Å². The van der Waals surface area contributed by atoms with Crippen LogP contribution in [0.5, 0.6) is 5.75 Å². The second-order valence-electron chi connectivity index (χ2n) is 6.14. The molecule has 0 radical (unpaired) electrons. The number of benzene rings is 2. The van der Waals surface area contributed by atoms with Crippen LogP contribution in [0.25, 0.3) is 11.1 Å². The Morgan fingerprint density at radius 2 is 1.86 bits per heavy atom. The predicted octanol–water partition coefficient (Wildman–Crippen LogP) is 4.57. The molecule has 2 aromatic carbocycles. The van der Waals surface area contributed by atoms with Crippen LogP contribution in [0, 0.1) is 24.4 Å². The lowest BCUT2D eigenvalue weighted by Crippen LogP contribution is -2.13. The molecule has 3 rings (SSSR count). The van der Waals surface area contributed by atoms with E-state index in [9.17, 15) is 18.0 Å². The van der Waals surface area contributed by atoms with Gasteiger partial charge < -0.3 is 15.5 Å². The minimum Gasteiger partial charge on any atom is -0.487 e. The molecule has 1 heterocycles. The maximum Gasteiger partial charge on any atom is 0.266 e. The Morgan fingerprint density at radius 1 is 1.11 bits per heavy atom. The van der Waals surface area contributed by atoms with Crippen molar-refractivity contribution in [2.45, 2.75) is 20.1 Å². The number of nitrogens with two attached hydrogens (primary N) is 1. The van der Waals surface area contributed by atoms with E-state index in [0.29, 0.717) is 16.8 Å². The van der Waals surface area contributed by atoms with Crippen LogP contribution in [-0.2, 0) is 13.2 Å². The molecule has 146 valence electrons. The zero-order valence-electron chi connectivity index (χ0n) is 14.8. The maximum atomic E-state index is 14.7. The smallest absolute Gasteiger partial charge is 0.266 e. The number of aryl methyl sites for hydroxylation is 1. The minimum atomic E-state index is -0.780. The molecule has 0 aliphatic heterocycles. The van der Waals surface area contributed by atoms with E-state index in [0.717, 1.165) is 12.1 Å². The molecule has 0 saturated carbocycles. The number of aromatic amines is 1. The molecular weight excluding hydrogens is 437 g/mol. The Hall–Kier alpha value is -2.58. The lowest BCUT2D eigenvalue weighted by Gasteiger charge is -2.17. The Labute approximate surface area is 167 Å². The van der Waals surface area contributed by atoms with Crippen LogP contribution in [0.1, 0.15) is 16.8 Å². The topological polar surface area (TPSA) is 68.1 Å². The number of halogens is 4. The van der Waals surface area contributed by atoms with Crippen LogP contribution in [0.4, 0.5) is 13.2 Å². The Balaban J connectivity index is 2.08. The highest BCUT2D eigenvalue weighted by Gasteiger charge is 2.20. The monoisotopic (exact) mass is 452 g/mol. The summed E-state index contributed by atoms with van der Waals surface area (Å²) >= 11 is 3.15. The van der Waals surface area contributed by atoms with E-state index in [-0.39, 0.29) is 34.5 Å². The highest BCUT2D eigenvalue weighted by atomic mass is 79.9. The number of hydrogen-bond donors (Lipinski definition) is 2. The van der Waals surface area contributed by atoms with Gasteiger partial charge in [0.25, 0.3) is 5.56 Å². The molecule has 1 aromatic heterocycles. The number of rotatable bonds is 5. The molecule has 0 atom stereocenters. The molecule has 0 fully saturated rings. The molecular formula is C20H16BrF3N2O2. The third kappa shape index (κ3) is 3.98. The van der Waals surface area contributed by atoms with Crippen LogP contribution in [0.3, 0.4) is 0 Å². The molecule has 0 saturated heterocycles. The van der Waals surface area contributed by atoms with E-state index in [2.05, 4.69) is 20.9 Å². The molecule has 8 heteroatoms. The molecule has 3 aromatic rings. The van der Waals surface area contributed by atoms with Gasteiger partial charge in [0.15, 0.2) is 0 Å². The Kier molecular flexibility index (Phi) is 5.90. The summed E-state index contributed by atoms with van der Waals surface area (Å²) in [5, 5.41) is 0. The van der Waals surface area contributed by atoms with Gasteiger partial charge in [-0.1, -0.05) is 12.1 Å². The van der Waals surface area contributed by atoms with Crippen molar-refractivity contribution in [2.75, 3.05) is 0 Å². The number of hydrogen-bond acceptors (Lipinski definition) is 3. The van der Waals surface area contributed by atoms with Crippen LogP contribution in [-0.4, -0.2) is 4.98 Å². The van der Waals surface area contributed by atoms with Gasteiger partial charge in [-0.15, -0.1) is 0 Å². The maximum absolute atomic E-state index is 14.7. The summed E-state index contributed by atoms with van der Waals surface area (Å²) in [7, 11) is 0.